The number of hydrogen-bond donors (Lipinski definition) is 1. The maximum atomic E-state index is 12.6. The summed E-state index contributed by atoms with van der Waals surface area (Å²) in [6.45, 7) is 0. The summed E-state index contributed by atoms with van der Waals surface area (Å²) >= 11 is 0. The van der Waals surface area contributed by atoms with Crippen LogP contribution in [-0.2, 0) is 23.7 Å². The molecule has 0 atom stereocenters. The molecule has 1 saturated heterocycles. The number of rotatable bonds is 2. The number of imidazole rings is 1. The summed E-state index contributed by atoms with van der Waals surface area (Å²) in [7, 11) is 3.39. The normalized spacial score (nSPS) is 15.9. The van der Waals surface area contributed by atoms with Gasteiger partial charge in [0.05, 0.1) is 16.7 Å². The average Bonchev–Trinajstić information content (AvgIpc) is 3.05. The Kier molecular flexibility index (Phi) is 3.50. The molecule has 0 spiro atoms. The smallest absolute Gasteiger partial charge is 0.295 e. The number of carbonyl (C=O) groups excluding carboxylic acids is 2. The summed E-state index contributed by atoms with van der Waals surface area (Å²) in [4.78, 5) is 36.9. The molecule has 2 aromatic carbocycles. The maximum absolute atomic E-state index is 12.6. The van der Waals surface area contributed by atoms with Crippen LogP contribution in [0.25, 0.3) is 17.1 Å². The van der Waals surface area contributed by atoms with E-state index in [4.69, 9.17) is 0 Å². The Bertz CT molecular complexity index is 1140. The Morgan fingerprint density at radius 1 is 0.885 bits per heavy atom. The number of para-hydroxylation sites is 1. The number of hydrogen-bond acceptors (Lipinski definition) is 3. The Morgan fingerprint density at radius 3 is 2.31 bits per heavy atom. The zero-order valence-electron chi connectivity index (χ0n) is 14.3. The lowest BCUT2D eigenvalue weighted by molar-refractivity contribution is -0.117. The standard InChI is InChI=1S/C19H16N4O3/c1-21-15-9-8-12(11-16(15)22(2)19(21)26)10-14-17(24)20-23(18(14)25)13-6-4-3-5-7-13/h3-11H,1-2H3,(H,20,24)/b14-10-. The fourth-order valence-corrected chi connectivity index (χ4v) is 3.10. The van der Waals surface area contributed by atoms with Gasteiger partial charge in [-0.3, -0.25) is 24.1 Å². The van der Waals surface area contributed by atoms with Gasteiger partial charge in [-0.05, 0) is 35.9 Å². The lowest BCUT2D eigenvalue weighted by atomic mass is 10.1. The summed E-state index contributed by atoms with van der Waals surface area (Å²) < 4.78 is 3.08. The van der Waals surface area contributed by atoms with Crippen molar-refractivity contribution in [2.45, 2.75) is 0 Å². The lowest BCUT2D eigenvalue weighted by Crippen LogP contribution is -2.35. The van der Waals surface area contributed by atoms with E-state index in [-0.39, 0.29) is 11.3 Å². The third-order valence-electron chi connectivity index (χ3n) is 4.51. The van der Waals surface area contributed by atoms with Gasteiger partial charge >= 0.3 is 5.69 Å². The molecule has 1 aliphatic rings. The van der Waals surface area contributed by atoms with Gasteiger partial charge in [0, 0.05) is 14.1 Å². The van der Waals surface area contributed by atoms with Gasteiger partial charge < -0.3 is 0 Å². The number of aromatic nitrogens is 2. The number of fused-ring (bicyclic) bond motifs is 1. The number of nitrogens with one attached hydrogen (secondary N) is 1. The van der Waals surface area contributed by atoms with Crippen molar-refractivity contribution in [2.24, 2.45) is 14.1 Å². The number of aryl methyl sites for hydroxylation is 2. The highest BCUT2D eigenvalue weighted by Crippen LogP contribution is 2.22. The molecule has 1 aliphatic heterocycles. The van der Waals surface area contributed by atoms with E-state index >= 15 is 0 Å². The van der Waals surface area contributed by atoms with Gasteiger partial charge in [-0.2, -0.15) is 0 Å². The van der Waals surface area contributed by atoms with Crippen LogP contribution in [0.2, 0.25) is 0 Å². The molecular weight excluding hydrogens is 332 g/mol. The second-order valence-corrected chi connectivity index (χ2v) is 6.12. The van der Waals surface area contributed by atoms with E-state index in [1.165, 1.54) is 15.7 Å². The van der Waals surface area contributed by atoms with Crippen molar-refractivity contribution in [1.29, 1.82) is 0 Å². The first kappa shape index (κ1) is 15.9. The van der Waals surface area contributed by atoms with Crippen molar-refractivity contribution < 1.29 is 9.59 Å². The van der Waals surface area contributed by atoms with Gasteiger partial charge in [-0.25, -0.2) is 9.80 Å². The molecular formula is C19H16N4O3. The summed E-state index contributed by atoms with van der Waals surface area (Å²) in [5, 5.41) is 1.23. The van der Waals surface area contributed by atoms with Crippen molar-refractivity contribution in [2.75, 3.05) is 5.01 Å². The van der Waals surface area contributed by atoms with E-state index in [1.54, 1.807) is 61.1 Å². The SMILES string of the molecule is Cn1c(=O)n(C)c2cc(/C=C3/C(=O)NN(c4ccccc4)C3=O)ccc21. The van der Waals surface area contributed by atoms with Crippen molar-refractivity contribution in [3.63, 3.8) is 0 Å². The average molecular weight is 348 g/mol. The molecule has 1 aromatic heterocycles. The van der Waals surface area contributed by atoms with Gasteiger partial charge in [-0.15, -0.1) is 0 Å². The molecule has 4 rings (SSSR count). The van der Waals surface area contributed by atoms with Gasteiger partial charge in [-0.1, -0.05) is 24.3 Å². The number of hydrazine groups is 1. The van der Waals surface area contributed by atoms with E-state index in [2.05, 4.69) is 5.43 Å². The van der Waals surface area contributed by atoms with Gasteiger partial charge in [0.25, 0.3) is 11.8 Å². The van der Waals surface area contributed by atoms with E-state index < -0.39 is 11.8 Å². The molecule has 0 unspecified atom stereocenters. The van der Waals surface area contributed by atoms with Crippen LogP contribution in [0.3, 0.4) is 0 Å². The molecule has 130 valence electrons. The molecule has 3 aromatic rings. The molecule has 0 radical (unpaired) electrons. The predicted octanol–water partition coefficient (Wildman–Crippen LogP) is 1.34. The Balaban J connectivity index is 1.75. The third kappa shape index (κ3) is 2.33. The molecule has 0 saturated carbocycles. The topological polar surface area (TPSA) is 76.3 Å². The maximum Gasteiger partial charge on any atom is 0.328 e. The molecule has 2 heterocycles. The van der Waals surface area contributed by atoms with Crippen LogP contribution in [0.5, 0.6) is 0 Å². The number of benzene rings is 2. The quantitative estimate of drug-likeness (QED) is 0.561. The minimum Gasteiger partial charge on any atom is -0.295 e. The number of amides is 2. The first-order valence-corrected chi connectivity index (χ1v) is 8.05. The van der Waals surface area contributed by atoms with Crippen LogP contribution in [0.1, 0.15) is 5.56 Å². The molecule has 7 heteroatoms. The van der Waals surface area contributed by atoms with Crippen LogP contribution in [0.4, 0.5) is 5.69 Å². The predicted molar refractivity (Wildman–Crippen MR) is 98.2 cm³/mol. The van der Waals surface area contributed by atoms with Crippen LogP contribution < -0.4 is 16.1 Å². The minimum atomic E-state index is -0.457. The largest absolute Gasteiger partial charge is 0.328 e. The van der Waals surface area contributed by atoms with Crippen molar-refractivity contribution >= 4 is 34.6 Å². The lowest BCUT2D eigenvalue weighted by Gasteiger charge is -2.13. The van der Waals surface area contributed by atoms with Gasteiger partial charge in [0.15, 0.2) is 0 Å². The van der Waals surface area contributed by atoms with Crippen LogP contribution in [0, 0.1) is 0 Å². The Labute approximate surface area is 148 Å². The fourth-order valence-electron chi connectivity index (χ4n) is 3.10. The highest BCUT2D eigenvalue weighted by atomic mass is 16.2. The first-order valence-electron chi connectivity index (χ1n) is 8.05. The van der Waals surface area contributed by atoms with Gasteiger partial charge in [0.2, 0.25) is 0 Å². The Morgan fingerprint density at radius 2 is 1.58 bits per heavy atom. The van der Waals surface area contributed by atoms with Crippen molar-refractivity contribution in [3.8, 4) is 0 Å². The molecule has 0 bridgehead atoms. The number of anilines is 1. The van der Waals surface area contributed by atoms with Crippen LogP contribution in [0.15, 0.2) is 58.9 Å². The summed E-state index contributed by atoms with van der Waals surface area (Å²) in [6, 6.07) is 14.3. The van der Waals surface area contributed by atoms with E-state index in [0.717, 1.165) is 11.0 Å². The molecule has 1 fully saturated rings. The summed E-state index contributed by atoms with van der Waals surface area (Å²) in [5.41, 5.74) is 5.27. The second-order valence-electron chi connectivity index (χ2n) is 6.12. The second kappa shape index (κ2) is 5.73. The molecule has 2 amide bonds. The van der Waals surface area contributed by atoms with Crippen molar-refractivity contribution in [1.82, 2.24) is 14.6 Å². The van der Waals surface area contributed by atoms with Crippen LogP contribution >= 0.6 is 0 Å². The number of carbonyl (C=O) groups is 2. The summed E-state index contributed by atoms with van der Waals surface area (Å²) in [5.74, 6) is -0.871. The zero-order chi connectivity index (χ0) is 18.4. The minimum absolute atomic E-state index is 0.0501. The van der Waals surface area contributed by atoms with E-state index in [9.17, 15) is 14.4 Å². The highest BCUT2D eigenvalue weighted by Gasteiger charge is 2.34. The van der Waals surface area contributed by atoms with E-state index in [0.29, 0.717) is 11.3 Å². The number of nitrogens with zero attached hydrogens (tertiary/aromatic N) is 3. The fraction of sp³-hybridized carbons (Fsp3) is 0.105. The third-order valence-corrected chi connectivity index (χ3v) is 4.51. The molecule has 26 heavy (non-hydrogen) atoms. The molecule has 1 N–H and O–H groups in total. The zero-order valence-corrected chi connectivity index (χ0v) is 14.3. The monoisotopic (exact) mass is 348 g/mol. The molecule has 0 aliphatic carbocycles. The van der Waals surface area contributed by atoms with Gasteiger partial charge in [0.1, 0.15) is 5.57 Å². The molecule has 7 nitrogen and oxygen atoms in total. The highest BCUT2D eigenvalue weighted by molar-refractivity contribution is 6.31. The van der Waals surface area contributed by atoms with Crippen LogP contribution in [-0.4, -0.2) is 20.9 Å². The first-order chi connectivity index (χ1) is 12.5. The van der Waals surface area contributed by atoms with Crippen molar-refractivity contribution in [3.05, 3.63) is 70.2 Å². The Hall–Kier alpha value is -3.61. The summed E-state index contributed by atoms with van der Waals surface area (Å²) in [6.07, 6.45) is 1.54. The van der Waals surface area contributed by atoms with E-state index in [1.807, 2.05) is 6.07 Å².